The van der Waals surface area contributed by atoms with Gasteiger partial charge in [-0.1, -0.05) is 0 Å². The van der Waals surface area contributed by atoms with E-state index in [9.17, 15) is 4.79 Å². The molecule has 1 fully saturated rings. The molecule has 1 atom stereocenters. The lowest BCUT2D eigenvalue weighted by Crippen LogP contribution is -2.31. The fourth-order valence-electron chi connectivity index (χ4n) is 2.45. The first kappa shape index (κ1) is 13.0. The molecule has 106 valence electrons. The number of benzene rings is 1. The molecule has 2 heterocycles. The monoisotopic (exact) mass is 275 g/mol. The molecule has 1 aromatic carbocycles. The molecule has 0 radical (unpaired) electrons. The molecular formula is C15H17NO4. The van der Waals surface area contributed by atoms with Gasteiger partial charge in [0.15, 0.2) is 0 Å². The molecule has 0 bridgehead atoms. The smallest absolute Gasteiger partial charge is 0.251 e. The molecule has 5 heteroatoms. The SMILES string of the molecule is COc1cc(C(=O)NCC2CCCO2)cc2occc12. The molecule has 1 aliphatic heterocycles. The van der Waals surface area contributed by atoms with Crippen molar-refractivity contribution < 1.29 is 18.7 Å². The van der Waals surface area contributed by atoms with Gasteiger partial charge in [0, 0.05) is 18.7 Å². The maximum Gasteiger partial charge on any atom is 0.251 e. The molecule has 0 saturated carbocycles. The number of fused-ring (bicyclic) bond motifs is 1. The zero-order valence-electron chi connectivity index (χ0n) is 11.3. The minimum absolute atomic E-state index is 0.133. The Morgan fingerprint density at radius 2 is 2.40 bits per heavy atom. The van der Waals surface area contributed by atoms with Crippen LogP contribution in [0, 0.1) is 0 Å². The number of methoxy groups -OCH3 is 1. The maximum absolute atomic E-state index is 12.2. The van der Waals surface area contributed by atoms with Gasteiger partial charge in [-0.2, -0.15) is 0 Å². The second-order valence-electron chi connectivity index (χ2n) is 4.86. The number of furan rings is 1. The van der Waals surface area contributed by atoms with Crippen LogP contribution < -0.4 is 10.1 Å². The van der Waals surface area contributed by atoms with Crippen molar-refractivity contribution in [1.82, 2.24) is 5.32 Å². The number of carbonyl (C=O) groups is 1. The van der Waals surface area contributed by atoms with Crippen LogP contribution in [0.3, 0.4) is 0 Å². The van der Waals surface area contributed by atoms with E-state index in [4.69, 9.17) is 13.9 Å². The normalized spacial score (nSPS) is 18.4. The summed E-state index contributed by atoms with van der Waals surface area (Å²) in [4.78, 5) is 12.2. The lowest BCUT2D eigenvalue weighted by atomic mass is 10.1. The zero-order valence-corrected chi connectivity index (χ0v) is 11.3. The van der Waals surface area contributed by atoms with Crippen molar-refractivity contribution in [2.75, 3.05) is 20.3 Å². The lowest BCUT2D eigenvalue weighted by Gasteiger charge is -2.11. The predicted molar refractivity (Wildman–Crippen MR) is 74.1 cm³/mol. The van der Waals surface area contributed by atoms with Gasteiger partial charge in [0.05, 0.1) is 24.9 Å². The Morgan fingerprint density at radius 3 is 3.15 bits per heavy atom. The van der Waals surface area contributed by atoms with Crippen molar-refractivity contribution in [1.29, 1.82) is 0 Å². The highest BCUT2D eigenvalue weighted by molar-refractivity contribution is 5.99. The number of rotatable bonds is 4. The van der Waals surface area contributed by atoms with Crippen molar-refractivity contribution in [3.05, 3.63) is 30.0 Å². The molecule has 2 aromatic rings. The van der Waals surface area contributed by atoms with E-state index in [2.05, 4.69) is 5.32 Å². The van der Waals surface area contributed by atoms with Crippen LogP contribution in [0.2, 0.25) is 0 Å². The second kappa shape index (κ2) is 5.54. The topological polar surface area (TPSA) is 60.7 Å². The first-order valence-corrected chi connectivity index (χ1v) is 6.73. The molecule has 1 amide bonds. The Kier molecular flexibility index (Phi) is 3.60. The van der Waals surface area contributed by atoms with Gasteiger partial charge in [0.1, 0.15) is 11.3 Å². The third kappa shape index (κ3) is 2.49. The number of carbonyl (C=O) groups excluding carboxylic acids is 1. The van der Waals surface area contributed by atoms with E-state index < -0.39 is 0 Å². The molecule has 1 aliphatic rings. The maximum atomic E-state index is 12.2. The quantitative estimate of drug-likeness (QED) is 0.930. The first-order valence-electron chi connectivity index (χ1n) is 6.73. The van der Waals surface area contributed by atoms with Crippen LogP contribution in [0.4, 0.5) is 0 Å². The summed E-state index contributed by atoms with van der Waals surface area (Å²) in [7, 11) is 1.58. The van der Waals surface area contributed by atoms with E-state index in [0.717, 1.165) is 24.8 Å². The number of amides is 1. The Balaban J connectivity index is 1.76. The molecule has 20 heavy (non-hydrogen) atoms. The van der Waals surface area contributed by atoms with Gasteiger partial charge < -0.3 is 19.2 Å². The van der Waals surface area contributed by atoms with Crippen molar-refractivity contribution in [2.45, 2.75) is 18.9 Å². The van der Waals surface area contributed by atoms with E-state index in [1.165, 1.54) is 0 Å². The third-order valence-corrected chi connectivity index (χ3v) is 3.53. The Morgan fingerprint density at radius 1 is 1.50 bits per heavy atom. The fourth-order valence-corrected chi connectivity index (χ4v) is 2.45. The molecule has 1 saturated heterocycles. The molecule has 1 N–H and O–H groups in total. The standard InChI is InChI=1S/C15H17NO4/c1-18-13-7-10(8-14-12(13)4-6-20-14)15(17)16-9-11-3-2-5-19-11/h4,6-8,11H,2-3,5,9H2,1H3,(H,16,17). The van der Waals surface area contributed by atoms with E-state index >= 15 is 0 Å². The Hall–Kier alpha value is -2.01. The number of hydrogen-bond acceptors (Lipinski definition) is 4. The molecule has 1 unspecified atom stereocenters. The third-order valence-electron chi connectivity index (χ3n) is 3.53. The summed E-state index contributed by atoms with van der Waals surface area (Å²) in [5, 5.41) is 3.75. The summed E-state index contributed by atoms with van der Waals surface area (Å²) in [6.07, 6.45) is 3.78. The highest BCUT2D eigenvalue weighted by Crippen LogP contribution is 2.28. The van der Waals surface area contributed by atoms with E-state index in [1.807, 2.05) is 6.07 Å². The largest absolute Gasteiger partial charge is 0.496 e. The second-order valence-corrected chi connectivity index (χ2v) is 4.86. The zero-order chi connectivity index (χ0) is 13.9. The Labute approximate surface area is 116 Å². The van der Waals surface area contributed by atoms with Crippen molar-refractivity contribution in [3.63, 3.8) is 0 Å². The lowest BCUT2D eigenvalue weighted by molar-refractivity contribution is 0.0857. The van der Waals surface area contributed by atoms with E-state index in [0.29, 0.717) is 23.4 Å². The van der Waals surface area contributed by atoms with Crippen LogP contribution >= 0.6 is 0 Å². The first-order chi connectivity index (χ1) is 9.78. The molecule has 0 aliphatic carbocycles. The van der Waals surface area contributed by atoms with Gasteiger partial charge >= 0.3 is 0 Å². The van der Waals surface area contributed by atoms with Gasteiger partial charge in [0.25, 0.3) is 5.91 Å². The molecule has 1 aromatic heterocycles. The van der Waals surface area contributed by atoms with Crippen LogP contribution in [0.1, 0.15) is 23.2 Å². The number of nitrogens with one attached hydrogen (secondary N) is 1. The number of hydrogen-bond donors (Lipinski definition) is 1. The Bertz CT molecular complexity index is 613. The van der Waals surface area contributed by atoms with Gasteiger partial charge in [-0.25, -0.2) is 0 Å². The van der Waals surface area contributed by atoms with Crippen molar-refractivity contribution in [3.8, 4) is 5.75 Å². The minimum atomic E-state index is -0.142. The van der Waals surface area contributed by atoms with Crippen LogP contribution in [-0.2, 0) is 4.74 Å². The summed E-state index contributed by atoms with van der Waals surface area (Å²) in [6, 6.07) is 5.27. The molecule has 3 rings (SSSR count). The van der Waals surface area contributed by atoms with Crippen LogP contribution in [-0.4, -0.2) is 32.3 Å². The van der Waals surface area contributed by atoms with Crippen molar-refractivity contribution >= 4 is 16.9 Å². The van der Waals surface area contributed by atoms with Crippen LogP contribution in [0.15, 0.2) is 28.9 Å². The minimum Gasteiger partial charge on any atom is -0.496 e. The van der Waals surface area contributed by atoms with Gasteiger partial charge in [0.2, 0.25) is 0 Å². The fraction of sp³-hybridized carbons (Fsp3) is 0.400. The van der Waals surface area contributed by atoms with Gasteiger partial charge in [-0.05, 0) is 31.0 Å². The van der Waals surface area contributed by atoms with Gasteiger partial charge in [-0.15, -0.1) is 0 Å². The summed E-state index contributed by atoms with van der Waals surface area (Å²) in [6.45, 7) is 1.32. The van der Waals surface area contributed by atoms with E-state index in [-0.39, 0.29) is 12.0 Å². The molecule has 5 nitrogen and oxygen atoms in total. The van der Waals surface area contributed by atoms with Crippen LogP contribution in [0.5, 0.6) is 5.75 Å². The summed E-state index contributed by atoms with van der Waals surface area (Å²) in [5.74, 6) is 0.496. The van der Waals surface area contributed by atoms with E-state index in [1.54, 1.807) is 25.5 Å². The highest BCUT2D eigenvalue weighted by atomic mass is 16.5. The average molecular weight is 275 g/mol. The summed E-state index contributed by atoms with van der Waals surface area (Å²) in [5.41, 5.74) is 1.17. The molecule has 0 spiro atoms. The summed E-state index contributed by atoms with van der Waals surface area (Å²) < 4.78 is 16.1. The average Bonchev–Trinajstić information content (AvgIpc) is 3.14. The highest BCUT2D eigenvalue weighted by Gasteiger charge is 2.18. The number of ether oxygens (including phenoxy) is 2. The molecular weight excluding hydrogens is 258 g/mol. The van der Waals surface area contributed by atoms with Crippen molar-refractivity contribution in [2.24, 2.45) is 0 Å². The van der Waals surface area contributed by atoms with Gasteiger partial charge in [-0.3, -0.25) is 4.79 Å². The predicted octanol–water partition coefficient (Wildman–Crippen LogP) is 2.35. The van der Waals surface area contributed by atoms with Crippen LogP contribution in [0.25, 0.3) is 11.0 Å². The summed E-state index contributed by atoms with van der Waals surface area (Å²) >= 11 is 0.